The molecule has 1 saturated carbocycles. The van der Waals surface area contributed by atoms with Crippen molar-refractivity contribution < 1.29 is 14.3 Å². The number of rotatable bonds is 4. The molecule has 3 fully saturated rings. The second kappa shape index (κ2) is 6.99. The summed E-state index contributed by atoms with van der Waals surface area (Å²) < 4.78 is 5.54. The van der Waals surface area contributed by atoms with E-state index in [9.17, 15) is 9.59 Å². The molecule has 6 heteroatoms. The van der Waals surface area contributed by atoms with Crippen LogP contribution in [0.25, 0.3) is 0 Å². The second-order valence-corrected chi connectivity index (χ2v) is 8.07. The third kappa shape index (κ3) is 3.47. The van der Waals surface area contributed by atoms with E-state index in [-0.39, 0.29) is 23.1 Å². The summed E-state index contributed by atoms with van der Waals surface area (Å²) in [6.45, 7) is 5.08. The highest BCUT2D eigenvalue weighted by atomic mass is 16.5. The van der Waals surface area contributed by atoms with Gasteiger partial charge in [-0.15, -0.1) is 0 Å². The van der Waals surface area contributed by atoms with E-state index in [1.54, 1.807) is 6.07 Å². The maximum absolute atomic E-state index is 13.0. The van der Waals surface area contributed by atoms with Crippen LogP contribution >= 0.6 is 0 Å². The Morgan fingerprint density at radius 2 is 2.08 bits per heavy atom. The molecule has 1 aliphatic carbocycles. The Morgan fingerprint density at radius 3 is 2.77 bits per heavy atom. The molecule has 2 amide bonds. The van der Waals surface area contributed by atoms with Crippen LogP contribution < -0.4 is 5.32 Å². The number of aromatic nitrogens is 1. The van der Waals surface area contributed by atoms with Crippen molar-refractivity contribution in [3.05, 3.63) is 29.6 Å². The van der Waals surface area contributed by atoms with E-state index in [0.717, 1.165) is 25.1 Å². The first-order valence-corrected chi connectivity index (χ1v) is 9.66. The number of likely N-dealkylation sites (tertiary alicyclic amines) is 1. The van der Waals surface area contributed by atoms with Crippen LogP contribution in [-0.4, -0.2) is 54.5 Å². The van der Waals surface area contributed by atoms with Crippen molar-refractivity contribution in [1.82, 2.24) is 15.2 Å². The molecular weight excluding hydrogens is 330 g/mol. The van der Waals surface area contributed by atoms with Gasteiger partial charge in [0.25, 0.3) is 5.91 Å². The monoisotopic (exact) mass is 357 g/mol. The molecule has 0 radical (unpaired) electrons. The number of carbonyl (C=O) groups excluding carboxylic acids is 2. The highest BCUT2D eigenvalue weighted by Crippen LogP contribution is 2.44. The van der Waals surface area contributed by atoms with E-state index < -0.39 is 0 Å². The van der Waals surface area contributed by atoms with E-state index >= 15 is 0 Å². The van der Waals surface area contributed by atoms with Crippen molar-refractivity contribution in [3.63, 3.8) is 0 Å². The van der Waals surface area contributed by atoms with Crippen LogP contribution in [0.4, 0.5) is 0 Å². The van der Waals surface area contributed by atoms with Gasteiger partial charge in [-0.2, -0.15) is 0 Å². The lowest BCUT2D eigenvalue weighted by atomic mass is 9.71. The third-order valence-electron chi connectivity index (χ3n) is 6.11. The summed E-state index contributed by atoms with van der Waals surface area (Å²) >= 11 is 0. The molecule has 0 unspecified atom stereocenters. The van der Waals surface area contributed by atoms with E-state index in [2.05, 4.69) is 10.3 Å². The molecule has 1 aromatic rings. The van der Waals surface area contributed by atoms with E-state index in [1.807, 2.05) is 24.0 Å². The van der Waals surface area contributed by atoms with Gasteiger partial charge in [-0.1, -0.05) is 6.07 Å². The number of pyridine rings is 1. The van der Waals surface area contributed by atoms with Gasteiger partial charge >= 0.3 is 0 Å². The van der Waals surface area contributed by atoms with Crippen molar-refractivity contribution in [2.75, 3.05) is 32.8 Å². The molecule has 26 heavy (non-hydrogen) atoms. The number of hydrogen-bond acceptors (Lipinski definition) is 4. The summed E-state index contributed by atoms with van der Waals surface area (Å²) in [5, 5.41) is 3.13. The maximum Gasteiger partial charge on any atom is 0.272 e. The fourth-order valence-corrected chi connectivity index (χ4v) is 4.28. The number of amides is 2. The number of nitrogens with one attached hydrogen (secondary N) is 1. The summed E-state index contributed by atoms with van der Waals surface area (Å²) in [6.07, 6.45) is 4.10. The van der Waals surface area contributed by atoms with Gasteiger partial charge in [-0.05, 0) is 50.7 Å². The smallest absolute Gasteiger partial charge is 0.272 e. The van der Waals surface area contributed by atoms with Gasteiger partial charge in [-0.3, -0.25) is 9.59 Å². The van der Waals surface area contributed by atoms with Gasteiger partial charge in [0.05, 0.1) is 5.92 Å². The molecule has 0 aromatic carbocycles. The lowest BCUT2D eigenvalue weighted by molar-refractivity contribution is -0.129. The standard InChI is InChI=1S/C20H27N3O3/c1-14-3-2-4-17(22-14)19(25)23-12-16(18(24)21-11-15-5-6-15)20(13-23)7-9-26-10-8-20/h2-4,15-16H,5-13H2,1H3,(H,21,24)/t16-/m1/s1. The number of aryl methyl sites for hydroxylation is 1. The predicted octanol–water partition coefficient (Wildman–Crippen LogP) is 1.79. The molecule has 1 N–H and O–H groups in total. The first-order valence-electron chi connectivity index (χ1n) is 9.66. The summed E-state index contributed by atoms with van der Waals surface area (Å²) in [6, 6.07) is 5.50. The Hall–Kier alpha value is -1.95. The molecule has 0 bridgehead atoms. The molecule has 2 saturated heterocycles. The fourth-order valence-electron chi connectivity index (χ4n) is 4.28. The summed E-state index contributed by atoms with van der Waals surface area (Å²) in [7, 11) is 0. The SMILES string of the molecule is Cc1cccc(C(=O)N2C[C@H](C(=O)NCC3CC3)C3(CCOCC3)C2)n1. The molecular formula is C20H27N3O3. The number of hydrogen-bond donors (Lipinski definition) is 1. The number of nitrogens with zero attached hydrogens (tertiary/aromatic N) is 2. The normalized spacial score (nSPS) is 24.7. The molecule has 4 rings (SSSR count). The van der Waals surface area contributed by atoms with Crippen LogP contribution in [-0.2, 0) is 9.53 Å². The van der Waals surface area contributed by atoms with Crippen molar-refractivity contribution >= 4 is 11.8 Å². The summed E-state index contributed by atoms with van der Waals surface area (Å²) in [5.74, 6) is 0.530. The maximum atomic E-state index is 13.0. The molecule has 2 aliphatic heterocycles. The molecule has 3 heterocycles. The predicted molar refractivity (Wildman–Crippen MR) is 96.6 cm³/mol. The average molecular weight is 357 g/mol. The minimum Gasteiger partial charge on any atom is -0.381 e. The fraction of sp³-hybridized carbons (Fsp3) is 0.650. The van der Waals surface area contributed by atoms with Crippen LogP contribution in [0.3, 0.4) is 0 Å². The van der Waals surface area contributed by atoms with Crippen LogP contribution in [0.15, 0.2) is 18.2 Å². The lowest BCUT2D eigenvalue weighted by Crippen LogP contribution is -2.44. The molecule has 1 aromatic heterocycles. The van der Waals surface area contributed by atoms with E-state index in [0.29, 0.717) is 37.9 Å². The zero-order chi connectivity index (χ0) is 18.1. The van der Waals surface area contributed by atoms with Gasteiger partial charge in [0.2, 0.25) is 5.91 Å². The van der Waals surface area contributed by atoms with Gasteiger partial charge in [0.15, 0.2) is 0 Å². The largest absolute Gasteiger partial charge is 0.381 e. The molecule has 140 valence electrons. The van der Waals surface area contributed by atoms with Crippen molar-refractivity contribution in [1.29, 1.82) is 0 Å². The Bertz CT molecular complexity index is 695. The highest BCUT2D eigenvalue weighted by Gasteiger charge is 2.52. The third-order valence-corrected chi connectivity index (χ3v) is 6.11. The highest BCUT2D eigenvalue weighted by molar-refractivity contribution is 5.93. The zero-order valence-corrected chi connectivity index (χ0v) is 15.4. The van der Waals surface area contributed by atoms with Gasteiger partial charge in [-0.25, -0.2) is 4.98 Å². The minimum absolute atomic E-state index is 0.0722. The van der Waals surface area contributed by atoms with Gasteiger partial charge in [0, 0.05) is 44.0 Å². The first-order chi connectivity index (χ1) is 12.6. The van der Waals surface area contributed by atoms with Gasteiger partial charge < -0.3 is 15.0 Å². The Balaban J connectivity index is 1.52. The lowest BCUT2D eigenvalue weighted by Gasteiger charge is -2.37. The molecule has 3 aliphatic rings. The topological polar surface area (TPSA) is 71.5 Å². The van der Waals surface area contributed by atoms with Crippen LogP contribution in [0.5, 0.6) is 0 Å². The van der Waals surface area contributed by atoms with Crippen molar-refractivity contribution in [2.24, 2.45) is 17.3 Å². The van der Waals surface area contributed by atoms with Crippen molar-refractivity contribution in [3.8, 4) is 0 Å². The minimum atomic E-state index is -0.161. The average Bonchev–Trinajstić information content (AvgIpc) is 3.41. The Morgan fingerprint density at radius 1 is 1.31 bits per heavy atom. The summed E-state index contributed by atoms with van der Waals surface area (Å²) in [4.78, 5) is 32.1. The molecule has 1 atom stereocenters. The van der Waals surface area contributed by atoms with E-state index in [1.165, 1.54) is 12.8 Å². The zero-order valence-electron chi connectivity index (χ0n) is 15.4. The Labute approximate surface area is 154 Å². The molecule has 6 nitrogen and oxygen atoms in total. The van der Waals surface area contributed by atoms with Crippen LogP contribution in [0, 0.1) is 24.2 Å². The van der Waals surface area contributed by atoms with E-state index in [4.69, 9.17) is 4.74 Å². The first kappa shape index (κ1) is 17.5. The van der Waals surface area contributed by atoms with Crippen LogP contribution in [0.2, 0.25) is 0 Å². The second-order valence-electron chi connectivity index (χ2n) is 8.07. The summed E-state index contributed by atoms with van der Waals surface area (Å²) in [5.41, 5.74) is 1.13. The number of carbonyl (C=O) groups is 2. The number of ether oxygens (including phenoxy) is 1. The Kier molecular flexibility index (Phi) is 4.69. The van der Waals surface area contributed by atoms with Gasteiger partial charge in [0.1, 0.15) is 5.69 Å². The molecule has 1 spiro atoms. The van der Waals surface area contributed by atoms with Crippen molar-refractivity contribution in [2.45, 2.75) is 32.6 Å². The quantitative estimate of drug-likeness (QED) is 0.892. The van der Waals surface area contributed by atoms with Crippen LogP contribution in [0.1, 0.15) is 41.9 Å².